The normalized spacial score (nSPS) is 19.7. The number of aliphatic hydroxyl groups excluding tert-OH is 1. The van der Waals surface area contributed by atoms with Gasteiger partial charge in [0.15, 0.2) is 0 Å². The van der Waals surface area contributed by atoms with Gasteiger partial charge in [0.05, 0.1) is 24.0 Å². The van der Waals surface area contributed by atoms with E-state index in [1.54, 1.807) is 0 Å². The molecule has 1 unspecified atom stereocenters. The van der Waals surface area contributed by atoms with Crippen molar-refractivity contribution in [3.05, 3.63) is 28.3 Å². The Kier molecular flexibility index (Phi) is 2.68. The Hall–Kier alpha value is -2.15. The maximum Gasteiger partial charge on any atom is 0.295 e. The molecular formula is C10H11N3O4. The summed E-state index contributed by atoms with van der Waals surface area (Å²) in [7, 11) is 0. The van der Waals surface area contributed by atoms with Gasteiger partial charge in [-0.3, -0.25) is 14.9 Å². The summed E-state index contributed by atoms with van der Waals surface area (Å²) in [6.45, 7) is 0.0730. The van der Waals surface area contributed by atoms with Crippen molar-refractivity contribution < 1.29 is 14.8 Å². The average Bonchev–Trinajstić information content (AvgIpc) is 2.57. The molecule has 7 nitrogen and oxygen atoms in total. The molecule has 1 aliphatic heterocycles. The Morgan fingerprint density at radius 2 is 2.24 bits per heavy atom. The van der Waals surface area contributed by atoms with Crippen LogP contribution >= 0.6 is 0 Å². The summed E-state index contributed by atoms with van der Waals surface area (Å²) < 4.78 is 0. The van der Waals surface area contributed by atoms with Crippen LogP contribution in [0.2, 0.25) is 0 Å². The van der Waals surface area contributed by atoms with E-state index in [9.17, 15) is 20.0 Å². The van der Waals surface area contributed by atoms with Crippen LogP contribution in [0.5, 0.6) is 0 Å². The number of aliphatic hydroxyl groups is 1. The van der Waals surface area contributed by atoms with E-state index >= 15 is 0 Å². The number of β-amino-alcohol motifs (C(OH)–C–C–N with tert-alkyl or cyclic N) is 1. The Bertz CT molecular complexity index is 488. The maximum atomic E-state index is 11.6. The monoisotopic (exact) mass is 237 g/mol. The van der Waals surface area contributed by atoms with Crippen molar-refractivity contribution in [1.29, 1.82) is 0 Å². The molecule has 17 heavy (non-hydrogen) atoms. The van der Waals surface area contributed by atoms with Crippen LogP contribution in [-0.4, -0.2) is 28.6 Å². The van der Waals surface area contributed by atoms with Crippen LogP contribution in [0.15, 0.2) is 18.2 Å². The molecule has 1 fully saturated rings. The van der Waals surface area contributed by atoms with E-state index in [-0.39, 0.29) is 35.9 Å². The van der Waals surface area contributed by atoms with Crippen molar-refractivity contribution in [2.24, 2.45) is 0 Å². The third kappa shape index (κ3) is 2.04. The average molecular weight is 237 g/mol. The number of nitro benzene ring substituents is 1. The molecule has 0 radical (unpaired) electrons. The van der Waals surface area contributed by atoms with E-state index < -0.39 is 11.0 Å². The standard InChI is InChI=1S/C10H11N3O4/c11-6-1-2-8(9(3-6)13(16)17)12-5-7(14)4-10(12)15/h1-3,7,14H,4-5,11H2. The second-order valence-corrected chi connectivity index (χ2v) is 3.87. The quantitative estimate of drug-likeness (QED) is 0.436. The summed E-state index contributed by atoms with van der Waals surface area (Å²) >= 11 is 0. The van der Waals surface area contributed by atoms with E-state index in [1.807, 2.05) is 0 Å². The first-order chi connectivity index (χ1) is 7.99. The fourth-order valence-electron chi connectivity index (χ4n) is 1.84. The van der Waals surface area contributed by atoms with Gasteiger partial charge in [-0.15, -0.1) is 0 Å². The number of hydrogen-bond donors (Lipinski definition) is 2. The third-order valence-electron chi connectivity index (χ3n) is 2.59. The van der Waals surface area contributed by atoms with Crippen molar-refractivity contribution >= 4 is 23.0 Å². The molecule has 1 amide bonds. The SMILES string of the molecule is Nc1ccc(N2CC(O)CC2=O)c([N+](=O)[O-])c1. The molecular weight excluding hydrogens is 226 g/mol. The number of rotatable bonds is 2. The molecule has 0 aliphatic carbocycles. The number of carbonyl (C=O) groups excluding carboxylic acids is 1. The van der Waals surface area contributed by atoms with Crippen molar-refractivity contribution in [2.75, 3.05) is 17.2 Å². The number of nitro groups is 1. The fourth-order valence-corrected chi connectivity index (χ4v) is 1.84. The number of amides is 1. The number of benzene rings is 1. The zero-order valence-corrected chi connectivity index (χ0v) is 8.87. The van der Waals surface area contributed by atoms with Crippen LogP contribution in [0, 0.1) is 10.1 Å². The predicted molar refractivity (Wildman–Crippen MR) is 60.5 cm³/mol. The topological polar surface area (TPSA) is 110 Å². The van der Waals surface area contributed by atoms with Crippen LogP contribution in [0.1, 0.15) is 6.42 Å². The first-order valence-electron chi connectivity index (χ1n) is 5.01. The first-order valence-corrected chi connectivity index (χ1v) is 5.01. The van der Waals surface area contributed by atoms with Gasteiger partial charge in [-0.2, -0.15) is 0 Å². The maximum absolute atomic E-state index is 11.6. The smallest absolute Gasteiger partial charge is 0.295 e. The third-order valence-corrected chi connectivity index (χ3v) is 2.59. The number of nitrogens with zero attached hydrogens (tertiary/aromatic N) is 2. The highest BCUT2D eigenvalue weighted by molar-refractivity contribution is 5.98. The molecule has 0 aromatic heterocycles. The van der Waals surface area contributed by atoms with Crippen LogP contribution in [0.25, 0.3) is 0 Å². The van der Waals surface area contributed by atoms with Crippen LogP contribution in [0.4, 0.5) is 17.1 Å². The lowest BCUT2D eigenvalue weighted by molar-refractivity contribution is -0.384. The number of anilines is 2. The summed E-state index contributed by atoms with van der Waals surface area (Å²) in [5.41, 5.74) is 5.67. The van der Waals surface area contributed by atoms with E-state index in [1.165, 1.54) is 23.1 Å². The minimum Gasteiger partial charge on any atom is -0.399 e. The van der Waals surface area contributed by atoms with Crippen molar-refractivity contribution in [2.45, 2.75) is 12.5 Å². The largest absolute Gasteiger partial charge is 0.399 e. The van der Waals surface area contributed by atoms with Crippen molar-refractivity contribution in [1.82, 2.24) is 0 Å². The van der Waals surface area contributed by atoms with Crippen LogP contribution in [-0.2, 0) is 4.79 Å². The van der Waals surface area contributed by atoms with Crippen molar-refractivity contribution in [3.63, 3.8) is 0 Å². The fraction of sp³-hybridized carbons (Fsp3) is 0.300. The Morgan fingerprint density at radius 1 is 1.53 bits per heavy atom. The molecule has 90 valence electrons. The minimum absolute atomic E-state index is 0.0124. The zero-order chi connectivity index (χ0) is 12.6. The molecule has 1 saturated heterocycles. The highest BCUT2D eigenvalue weighted by Gasteiger charge is 2.33. The van der Waals surface area contributed by atoms with Gasteiger partial charge in [0, 0.05) is 11.8 Å². The minimum atomic E-state index is -0.778. The van der Waals surface area contributed by atoms with Crippen LogP contribution < -0.4 is 10.6 Å². The molecule has 2 rings (SSSR count). The first kappa shape index (κ1) is 11.3. The lowest BCUT2D eigenvalue weighted by Crippen LogP contribution is -2.26. The van der Waals surface area contributed by atoms with Gasteiger partial charge >= 0.3 is 0 Å². The molecule has 7 heteroatoms. The van der Waals surface area contributed by atoms with E-state index in [4.69, 9.17) is 5.73 Å². The Morgan fingerprint density at radius 3 is 2.76 bits per heavy atom. The van der Waals surface area contributed by atoms with Gasteiger partial charge in [0.1, 0.15) is 5.69 Å². The summed E-state index contributed by atoms with van der Waals surface area (Å²) in [6.07, 6.45) is -0.790. The molecule has 1 heterocycles. The number of carbonyl (C=O) groups is 1. The summed E-state index contributed by atoms with van der Waals surface area (Å²) in [6, 6.07) is 4.11. The second-order valence-electron chi connectivity index (χ2n) is 3.87. The molecule has 3 N–H and O–H groups in total. The number of hydrogen-bond acceptors (Lipinski definition) is 5. The zero-order valence-electron chi connectivity index (χ0n) is 8.87. The highest BCUT2D eigenvalue weighted by Crippen LogP contribution is 2.32. The lowest BCUT2D eigenvalue weighted by atomic mass is 10.2. The molecule has 0 bridgehead atoms. The summed E-state index contributed by atoms with van der Waals surface area (Å²) in [5.74, 6) is -0.328. The van der Waals surface area contributed by atoms with Crippen LogP contribution in [0.3, 0.4) is 0 Å². The summed E-state index contributed by atoms with van der Waals surface area (Å²) in [4.78, 5) is 23.0. The molecule has 0 spiro atoms. The van der Waals surface area contributed by atoms with Gasteiger partial charge in [-0.05, 0) is 12.1 Å². The van der Waals surface area contributed by atoms with Gasteiger partial charge in [0.25, 0.3) is 5.69 Å². The summed E-state index contributed by atoms with van der Waals surface area (Å²) in [5, 5.41) is 20.2. The molecule has 0 saturated carbocycles. The van der Waals surface area contributed by atoms with Crippen molar-refractivity contribution in [3.8, 4) is 0 Å². The Balaban J connectivity index is 2.45. The molecule has 1 aliphatic rings. The second kappa shape index (κ2) is 4.02. The highest BCUT2D eigenvalue weighted by atomic mass is 16.6. The van der Waals surface area contributed by atoms with E-state index in [2.05, 4.69) is 0 Å². The van der Waals surface area contributed by atoms with E-state index in [0.717, 1.165) is 0 Å². The Labute approximate surface area is 96.6 Å². The number of nitrogen functional groups attached to an aromatic ring is 1. The molecule has 1 atom stereocenters. The molecule has 1 aromatic carbocycles. The lowest BCUT2D eigenvalue weighted by Gasteiger charge is -2.15. The van der Waals surface area contributed by atoms with Gasteiger partial charge < -0.3 is 15.7 Å². The van der Waals surface area contributed by atoms with Gasteiger partial charge in [-0.25, -0.2) is 0 Å². The predicted octanol–water partition coefficient (Wildman–Crippen LogP) is 0.275. The van der Waals surface area contributed by atoms with E-state index in [0.29, 0.717) is 0 Å². The number of nitrogens with two attached hydrogens (primary N) is 1. The molecule has 1 aromatic rings. The van der Waals surface area contributed by atoms with Gasteiger partial charge in [-0.1, -0.05) is 0 Å². The van der Waals surface area contributed by atoms with Gasteiger partial charge in [0.2, 0.25) is 5.91 Å².